The average Bonchev–Trinajstić information content (AvgIpc) is 2.15. The maximum Gasteiger partial charge on any atom is 0.0870 e. The maximum atomic E-state index is 8.82. The molecule has 2 heteroatoms. The summed E-state index contributed by atoms with van der Waals surface area (Å²) in [5.41, 5.74) is 1.76. The first kappa shape index (κ1) is 9.78. The first-order valence-corrected chi connectivity index (χ1v) is 4.50. The fraction of sp³-hybridized carbons (Fsp3) is 0.364. The Morgan fingerprint density at radius 1 is 1.31 bits per heavy atom. The second-order valence-electron chi connectivity index (χ2n) is 3.51. The smallest absolute Gasteiger partial charge is 0.0870 e. The molecule has 0 aliphatic rings. The Morgan fingerprint density at radius 2 is 1.92 bits per heavy atom. The van der Waals surface area contributed by atoms with Crippen molar-refractivity contribution in [3.63, 3.8) is 0 Å². The first-order valence-electron chi connectivity index (χ1n) is 4.50. The van der Waals surface area contributed by atoms with Gasteiger partial charge in [0.2, 0.25) is 0 Å². The van der Waals surface area contributed by atoms with Gasteiger partial charge in [0, 0.05) is 0 Å². The molecule has 0 fully saturated rings. The molecule has 0 aliphatic heterocycles. The van der Waals surface area contributed by atoms with E-state index in [1.165, 1.54) is 0 Å². The van der Waals surface area contributed by atoms with Crippen molar-refractivity contribution in [3.8, 4) is 0 Å². The minimum atomic E-state index is 0.506. The summed E-state index contributed by atoms with van der Waals surface area (Å²) < 4.78 is 0. The van der Waals surface area contributed by atoms with Crippen LogP contribution in [-0.4, -0.2) is 10.9 Å². The van der Waals surface area contributed by atoms with Crippen LogP contribution >= 0.6 is 0 Å². The molecule has 70 valence electrons. The van der Waals surface area contributed by atoms with E-state index < -0.39 is 0 Å². The van der Waals surface area contributed by atoms with Gasteiger partial charge in [-0.1, -0.05) is 49.3 Å². The van der Waals surface area contributed by atoms with Gasteiger partial charge >= 0.3 is 0 Å². The van der Waals surface area contributed by atoms with E-state index in [1.54, 1.807) is 0 Å². The highest BCUT2D eigenvalue weighted by molar-refractivity contribution is 6.00. The minimum absolute atomic E-state index is 0.506. The molecule has 1 aromatic carbocycles. The van der Waals surface area contributed by atoms with Crippen molar-refractivity contribution in [3.05, 3.63) is 35.9 Å². The predicted molar refractivity (Wildman–Crippen MR) is 54.2 cm³/mol. The Kier molecular flexibility index (Phi) is 3.50. The largest absolute Gasteiger partial charge is 0.411 e. The predicted octanol–water partition coefficient (Wildman–Crippen LogP) is 2.91. The van der Waals surface area contributed by atoms with Crippen molar-refractivity contribution in [2.24, 2.45) is 11.1 Å². The minimum Gasteiger partial charge on any atom is -0.411 e. The van der Waals surface area contributed by atoms with Gasteiger partial charge < -0.3 is 5.21 Å². The number of nitrogens with zero attached hydrogens (tertiary/aromatic N) is 1. The highest BCUT2D eigenvalue weighted by atomic mass is 16.4. The van der Waals surface area contributed by atoms with E-state index in [2.05, 4.69) is 19.0 Å². The summed E-state index contributed by atoms with van der Waals surface area (Å²) in [6.45, 7) is 4.21. The zero-order valence-corrected chi connectivity index (χ0v) is 8.07. The van der Waals surface area contributed by atoms with Gasteiger partial charge in [-0.3, -0.25) is 0 Å². The summed E-state index contributed by atoms with van der Waals surface area (Å²) in [5.74, 6) is 0.506. The Bertz CT molecular complexity index is 277. The van der Waals surface area contributed by atoms with Crippen LogP contribution in [0.2, 0.25) is 0 Å². The third kappa shape index (κ3) is 2.90. The third-order valence-corrected chi connectivity index (χ3v) is 1.83. The van der Waals surface area contributed by atoms with Crippen molar-refractivity contribution in [2.75, 3.05) is 0 Å². The molecule has 0 heterocycles. The zero-order chi connectivity index (χ0) is 9.68. The Balaban J connectivity index is 2.80. The Labute approximate surface area is 78.9 Å². The van der Waals surface area contributed by atoms with E-state index in [4.69, 9.17) is 5.21 Å². The monoisotopic (exact) mass is 177 g/mol. The quantitative estimate of drug-likeness (QED) is 0.430. The summed E-state index contributed by atoms with van der Waals surface area (Å²) >= 11 is 0. The van der Waals surface area contributed by atoms with Crippen LogP contribution in [0.3, 0.4) is 0 Å². The van der Waals surface area contributed by atoms with Crippen LogP contribution in [0.15, 0.2) is 35.5 Å². The van der Waals surface area contributed by atoms with Crippen molar-refractivity contribution >= 4 is 5.71 Å². The molecule has 1 rings (SSSR count). The van der Waals surface area contributed by atoms with Gasteiger partial charge in [-0.2, -0.15) is 0 Å². The van der Waals surface area contributed by atoms with Crippen LogP contribution in [0.4, 0.5) is 0 Å². The molecule has 0 saturated heterocycles. The molecule has 0 amide bonds. The summed E-state index contributed by atoms with van der Waals surface area (Å²) in [5, 5.41) is 12.1. The van der Waals surface area contributed by atoms with Gasteiger partial charge in [0.05, 0.1) is 5.71 Å². The van der Waals surface area contributed by atoms with E-state index in [0.29, 0.717) is 5.92 Å². The molecule has 2 nitrogen and oxygen atoms in total. The highest BCUT2D eigenvalue weighted by Crippen LogP contribution is 2.09. The molecule has 0 aromatic heterocycles. The molecule has 0 spiro atoms. The van der Waals surface area contributed by atoms with Crippen molar-refractivity contribution < 1.29 is 5.21 Å². The van der Waals surface area contributed by atoms with Crippen LogP contribution in [0, 0.1) is 5.92 Å². The lowest BCUT2D eigenvalue weighted by Crippen LogP contribution is -2.04. The van der Waals surface area contributed by atoms with Crippen molar-refractivity contribution in [2.45, 2.75) is 20.3 Å². The van der Waals surface area contributed by atoms with Gasteiger partial charge in [0.25, 0.3) is 0 Å². The molecular weight excluding hydrogens is 162 g/mol. The lowest BCUT2D eigenvalue weighted by Gasteiger charge is -2.06. The van der Waals surface area contributed by atoms with Crippen LogP contribution in [0.1, 0.15) is 25.8 Å². The molecular formula is C11H15NO. The molecule has 0 aliphatic carbocycles. The van der Waals surface area contributed by atoms with E-state index in [1.807, 2.05) is 30.3 Å². The third-order valence-electron chi connectivity index (χ3n) is 1.83. The molecule has 1 aromatic rings. The van der Waals surface area contributed by atoms with Crippen LogP contribution in [-0.2, 0) is 0 Å². The topological polar surface area (TPSA) is 32.6 Å². The van der Waals surface area contributed by atoms with Gasteiger partial charge in [-0.15, -0.1) is 0 Å². The van der Waals surface area contributed by atoms with Crippen LogP contribution < -0.4 is 0 Å². The van der Waals surface area contributed by atoms with E-state index in [9.17, 15) is 0 Å². The second kappa shape index (κ2) is 4.65. The SMILES string of the molecule is CC(C)C/C(=N/O)c1ccccc1. The lowest BCUT2D eigenvalue weighted by molar-refractivity contribution is 0.317. The van der Waals surface area contributed by atoms with Gasteiger partial charge in [-0.05, 0) is 17.9 Å². The number of benzene rings is 1. The van der Waals surface area contributed by atoms with Gasteiger partial charge in [0.15, 0.2) is 0 Å². The van der Waals surface area contributed by atoms with E-state index in [0.717, 1.165) is 17.7 Å². The number of hydrogen-bond acceptors (Lipinski definition) is 2. The number of hydrogen-bond donors (Lipinski definition) is 1. The number of oxime groups is 1. The number of rotatable bonds is 3. The molecule has 0 radical (unpaired) electrons. The molecule has 13 heavy (non-hydrogen) atoms. The molecule has 0 bridgehead atoms. The summed E-state index contributed by atoms with van der Waals surface area (Å²) in [6, 6.07) is 9.75. The Hall–Kier alpha value is -1.31. The van der Waals surface area contributed by atoms with Gasteiger partial charge in [0.1, 0.15) is 0 Å². The standard InChI is InChI=1S/C11H15NO/c1-9(2)8-11(12-13)10-6-4-3-5-7-10/h3-7,9,13H,8H2,1-2H3/b12-11-. The van der Waals surface area contributed by atoms with E-state index >= 15 is 0 Å². The lowest BCUT2D eigenvalue weighted by atomic mass is 10.0. The summed E-state index contributed by atoms with van der Waals surface area (Å²) in [7, 11) is 0. The second-order valence-corrected chi connectivity index (χ2v) is 3.51. The first-order chi connectivity index (χ1) is 6.24. The maximum absolute atomic E-state index is 8.82. The molecule has 0 saturated carbocycles. The van der Waals surface area contributed by atoms with Crippen molar-refractivity contribution in [1.29, 1.82) is 0 Å². The van der Waals surface area contributed by atoms with Gasteiger partial charge in [-0.25, -0.2) is 0 Å². The van der Waals surface area contributed by atoms with Crippen LogP contribution in [0.25, 0.3) is 0 Å². The van der Waals surface area contributed by atoms with E-state index in [-0.39, 0.29) is 0 Å². The van der Waals surface area contributed by atoms with Crippen molar-refractivity contribution in [1.82, 2.24) is 0 Å². The fourth-order valence-electron chi connectivity index (χ4n) is 1.23. The Morgan fingerprint density at radius 3 is 2.38 bits per heavy atom. The highest BCUT2D eigenvalue weighted by Gasteiger charge is 2.05. The molecule has 0 atom stereocenters. The molecule has 1 N–H and O–H groups in total. The normalized spacial score (nSPS) is 12.1. The van der Waals surface area contributed by atoms with Crippen LogP contribution in [0.5, 0.6) is 0 Å². The average molecular weight is 177 g/mol. The summed E-state index contributed by atoms with van der Waals surface area (Å²) in [4.78, 5) is 0. The fourth-order valence-corrected chi connectivity index (χ4v) is 1.23. The zero-order valence-electron chi connectivity index (χ0n) is 8.07. The molecule has 0 unspecified atom stereocenters. The summed E-state index contributed by atoms with van der Waals surface area (Å²) in [6.07, 6.45) is 0.806.